The lowest BCUT2D eigenvalue weighted by Gasteiger charge is -2.40. The van der Waals surface area contributed by atoms with Gasteiger partial charge in [-0.15, -0.1) is 0 Å². The highest BCUT2D eigenvalue weighted by Gasteiger charge is 2.64. The lowest BCUT2D eigenvalue weighted by atomic mass is 9.87. The van der Waals surface area contributed by atoms with Crippen LogP contribution in [0.2, 0.25) is 0 Å². The van der Waals surface area contributed by atoms with Crippen molar-refractivity contribution in [1.82, 2.24) is 4.90 Å². The van der Waals surface area contributed by atoms with Gasteiger partial charge >= 0.3 is 11.9 Å². The van der Waals surface area contributed by atoms with Gasteiger partial charge in [0.2, 0.25) is 11.4 Å². The molecular formula is C18H17NO6. The number of ether oxygens (including phenoxy) is 2. The Morgan fingerprint density at radius 2 is 2.12 bits per heavy atom. The summed E-state index contributed by atoms with van der Waals surface area (Å²) >= 11 is 0. The summed E-state index contributed by atoms with van der Waals surface area (Å²) in [4.78, 5) is 37.0. The van der Waals surface area contributed by atoms with Crippen molar-refractivity contribution in [3.8, 4) is 0 Å². The lowest BCUT2D eigenvalue weighted by Crippen LogP contribution is -2.62. The number of aliphatic carboxylic acids is 1. The molecule has 2 saturated heterocycles. The fourth-order valence-electron chi connectivity index (χ4n) is 3.15. The zero-order chi connectivity index (χ0) is 18.0. The average molecular weight is 343 g/mol. The number of carboxylic acids is 1. The van der Waals surface area contributed by atoms with Gasteiger partial charge in [-0.1, -0.05) is 42.5 Å². The number of carbonyl (C=O) groups is 3. The molecule has 1 unspecified atom stereocenters. The molecule has 0 aromatic heterocycles. The molecule has 7 heteroatoms. The monoisotopic (exact) mass is 343 g/mol. The SMILES string of the molecule is COC(=O)C1(C/C=C/c2ccccc2)/C(=C/C(=O)O)O[C@@H]2CC(=O)N21. The number of hydrogen-bond acceptors (Lipinski definition) is 5. The molecule has 25 heavy (non-hydrogen) atoms. The molecule has 0 radical (unpaired) electrons. The van der Waals surface area contributed by atoms with Crippen LogP contribution in [-0.4, -0.2) is 46.7 Å². The second-order valence-corrected chi connectivity index (χ2v) is 5.76. The summed E-state index contributed by atoms with van der Waals surface area (Å²) in [6.45, 7) is 0. The van der Waals surface area contributed by atoms with Gasteiger partial charge in [0.05, 0.1) is 19.6 Å². The minimum atomic E-state index is -1.58. The van der Waals surface area contributed by atoms with Crippen molar-refractivity contribution in [3.05, 3.63) is 53.8 Å². The first-order chi connectivity index (χ1) is 12.0. The number of amides is 1. The largest absolute Gasteiger partial charge is 0.478 e. The number of rotatable bonds is 5. The minimum absolute atomic E-state index is 0.0515. The fraction of sp³-hybridized carbons (Fsp3) is 0.278. The molecule has 2 aliphatic heterocycles. The third kappa shape index (κ3) is 2.77. The van der Waals surface area contributed by atoms with Crippen LogP contribution in [0.4, 0.5) is 0 Å². The van der Waals surface area contributed by atoms with Crippen molar-refractivity contribution in [2.45, 2.75) is 24.6 Å². The van der Waals surface area contributed by atoms with Crippen molar-refractivity contribution < 1.29 is 29.0 Å². The zero-order valence-corrected chi connectivity index (χ0v) is 13.5. The van der Waals surface area contributed by atoms with Crippen LogP contribution in [0.3, 0.4) is 0 Å². The van der Waals surface area contributed by atoms with E-state index in [0.717, 1.165) is 11.6 Å². The normalized spacial score (nSPS) is 26.3. The Labute approximate surface area is 144 Å². The lowest BCUT2D eigenvalue weighted by molar-refractivity contribution is -0.171. The molecule has 1 aromatic rings. The fourth-order valence-corrected chi connectivity index (χ4v) is 3.15. The van der Waals surface area contributed by atoms with Crippen LogP contribution in [-0.2, 0) is 23.9 Å². The van der Waals surface area contributed by atoms with Crippen LogP contribution in [0.1, 0.15) is 18.4 Å². The summed E-state index contributed by atoms with van der Waals surface area (Å²) < 4.78 is 10.4. The molecule has 1 amide bonds. The quantitative estimate of drug-likeness (QED) is 0.495. The van der Waals surface area contributed by atoms with Crippen LogP contribution in [0, 0.1) is 0 Å². The Morgan fingerprint density at radius 1 is 1.40 bits per heavy atom. The number of β-lactam (4-membered cyclic amide) rings is 1. The van der Waals surface area contributed by atoms with E-state index in [-0.39, 0.29) is 24.5 Å². The van der Waals surface area contributed by atoms with Gasteiger partial charge in [0.15, 0.2) is 6.23 Å². The zero-order valence-electron chi connectivity index (χ0n) is 13.5. The van der Waals surface area contributed by atoms with E-state index < -0.39 is 23.7 Å². The second kappa shape index (κ2) is 6.43. The first-order valence-electron chi connectivity index (χ1n) is 7.73. The molecule has 2 aliphatic rings. The van der Waals surface area contributed by atoms with Crippen LogP contribution < -0.4 is 0 Å². The van der Waals surface area contributed by atoms with Crippen molar-refractivity contribution in [1.29, 1.82) is 0 Å². The van der Waals surface area contributed by atoms with E-state index in [9.17, 15) is 14.4 Å². The van der Waals surface area contributed by atoms with E-state index in [4.69, 9.17) is 14.6 Å². The van der Waals surface area contributed by atoms with Gasteiger partial charge in [0.1, 0.15) is 5.76 Å². The molecule has 2 heterocycles. The molecule has 7 nitrogen and oxygen atoms in total. The third-order valence-electron chi connectivity index (χ3n) is 4.29. The highest BCUT2D eigenvalue weighted by Crippen LogP contribution is 2.47. The Hall–Kier alpha value is -3.09. The van der Waals surface area contributed by atoms with Crippen molar-refractivity contribution >= 4 is 23.9 Å². The summed E-state index contributed by atoms with van der Waals surface area (Å²) in [5.41, 5.74) is -0.671. The number of methoxy groups -OCH3 is 1. The Morgan fingerprint density at radius 3 is 2.72 bits per heavy atom. The standard InChI is InChI=1S/C18H17NO6/c1-24-17(23)18(9-5-8-12-6-3-2-4-7-12)13(10-16(21)22)25-15-11-14(20)19(15)18/h2-8,10,15H,9,11H2,1H3,(H,21,22)/b8-5+,13-10-/t15-,18?/m1/s1. The first kappa shape index (κ1) is 16.8. The summed E-state index contributed by atoms with van der Waals surface area (Å²) in [5, 5.41) is 9.09. The highest BCUT2D eigenvalue weighted by atomic mass is 16.6. The van der Waals surface area contributed by atoms with E-state index >= 15 is 0 Å². The number of hydrogen-bond donors (Lipinski definition) is 1. The van der Waals surface area contributed by atoms with Crippen molar-refractivity contribution in [3.63, 3.8) is 0 Å². The number of benzene rings is 1. The predicted molar refractivity (Wildman–Crippen MR) is 86.9 cm³/mol. The first-order valence-corrected chi connectivity index (χ1v) is 7.73. The molecule has 1 N–H and O–H groups in total. The Bertz CT molecular complexity index is 769. The summed E-state index contributed by atoms with van der Waals surface area (Å²) in [6, 6.07) is 9.41. The Kier molecular flexibility index (Phi) is 4.31. The van der Waals surface area contributed by atoms with Gasteiger partial charge < -0.3 is 14.6 Å². The smallest absolute Gasteiger partial charge is 0.340 e. The number of carbonyl (C=O) groups excluding carboxylic acids is 2. The molecule has 2 fully saturated rings. The molecule has 0 bridgehead atoms. The number of carboxylic acid groups (broad SMARTS) is 1. The molecular weight excluding hydrogens is 326 g/mol. The van der Waals surface area contributed by atoms with Gasteiger partial charge in [-0.25, -0.2) is 9.59 Å². The third-order valence-corrected chi connectivity index (χ3v) is 4.29. The molecule has 0 saturated carbocycles. The van der Waals surface area contributed by atoms with Crippen LogP contribution in [0.25, 0.3) is 6.08 Å². The minimum Gasteiger partial charge on any atom is -0.478 e. The maximum atomic E-state index is 12.5. The van der Waals surface area contributed by atoms with Crippen LogP contribution >= 0.6 is 0 Å². The summed E-state index contributed by atoms with van der Waals surface area (Å²) in [7, 11) is 1.20. The van der Waals surface area contributed by atoms with E-state index in [2.05, 4.69) is 0 Å². The second-order valence-electron chi connectivity index (χ2n) is 5.76. The van der Waals surface area contributed by atoms with E-state index in [1.54, 1.807) is 12.2 Å². The van der Waals surface area contributed by atoms with Crippen LogP contribution in [0.5, 0.6) is 0 Å². The molecule has 0 spiro atoms. The van der Waals surface area contributed by atoms with Crippen molar-refractivity contribution in [2.24, 2.45) is 0 Å². The number of esters is 1. The van der Waals surface area contributed by atoms with Gasteiger partial charge in [0.25, 0.3) is 0 Å². The van der Waals surface area contributed by atoms with E-state index in [1.165, 1.54) is 12.0 Å². The predicted octanol–water partition coefficient (Wildman–Crippen LogP) is 1.56. The van der Waals surface area contributed by atoms with E-state index in [0.29, 0.717) is 0 Å². The Balaban J connectivity index is 1.98. The molecule has 2 atom stereocenters. The average Bonchev–Trinajstić information content (AvgIpc) is 2.83. The maximum Gasteiger partial charge on any atom is 0.340 e. The topological polar surface area (TPSA) is 93.1 Å². The van der Waals surface area contributed by atoms with Crippen molar-refractivity contribution in [2.75, 3.05) is 7.11 Å². The highest BCUT2D eigenvalue weighted by molar-refractivity contribution is 5.97. The van der Waals surface area contributed by atoms with Crippen LogP contribution in [0.15, 0.2) is 48.2 Å². The van der Waals surface area contributed by atoms with E-state index in [1.807, 2.05) is 30.3 Å². The number of fused-ring (bicyclic) bond motifs is 1. The van der Waals surface area contributed by atoms with Gasteiger partial charge in [-0.05, 0) is 5.56 Å². The van der Waals surface area contributed by atoms with Gasteiger partial charge in [-0.3, -0.25) is 9.69 Å². The summed E-state index contributed by atoms with van der Waals surface area (Å²) in [5.74, 6) is -2.35. The molecule has 3 rings (SSSR count). The molecule has 0 aliphatic carbocycles. The maximum absolute atomic E-state index is 12.5. The molecule has 1 aromatic carbocycles. The van der Waals surface area contributed by atoms with Gasteiger partial charge in [-0.2, -0.15) is 0 Å². The van der Waals surface area contributed by atoms with Gasteiger partial charge in [0, 0.05) is 6.42 Å². The molecule has 130 valence electrons. The summed E-state index contributed by atoms with van der Waals surface area (Å²) in [6.07, 6.45) is 3.84. The number of nitrogens with zero attached hydrogens (tertiary/aromatic N) is 1.